The maximum Gasteiger partial charge on any atom is 0.416 e. The van der Waals surface area contributed by atoms with Gasteiger partial charge in [0.25, 0.3) is 0 Å². The topological polar surface area (TPSA) is 54.8 Å². The van der Waals surface area contributed by atoms with Gasteiger partial charge in [-0.25, -0.2) is 8.78 Å². The van der Waals surface area contributed by atoms with Crippen LogP contribution < -0.4 is 5.43 Å². The van der Waals surface area contributed by atoms with Crippen LogP contribution in [-0.4, -0.2) is 59.6 Å². The smallest absolute Gasteiger partial charge is 0.383 e. The number of hydrogen-bond donors (Lipinski definition) is 0. The molecule has 0 saturated carbocycles. The second kappa shape index (κ2) is 16.7. The van der Waals surface area contributed by atoms with Gasteiger partial charge in [-0.1, -0.05) is 54.6 Å². The van der Waals surface area contributed by atoms with Crippen molar-refractivity contribution in [3.63, 3.8) is 0 Å². The highest BCUT2D eigenvalue weighted by Crippen LogP contribution is 2.32. The van der Waals surface area contributed by atoms with Gasteiger partial charge in [-0.15, -0.1) is 11.8 Å². The molecule has 0 unspecified atom stereocenters. The summed E-state index contributed by atoms with van der Waals surface area (Å²) in [5.74, 6) is -4.84. The Balaban J connectivity index is 1.55. The van der Waals surface area contributed by atoms with Crippen molar-refractivity contribution in [2.24, 2.45) is 0 Å². The Kier molecular flexibility index (Phi) is 8.01. The number of carbonyl (C=O) groups is 1. The van der Waals surface area contributed by atoms with E-state index in [4.69, 9.17) is 15.7 Å². The van der Waals surface area contributed by atoms with Gasteiger partial charge in [-0.05, 0) is 72.3 Å². The lowest BCUT2D eigenvalue weighted by Gasteiger charge is -2.39. The van der Waals surface area contributed by atoms with Gasteiger partial charge < -0.3 is 19.1 Å². The van der Waals surface area contributed by atoms with E-state index in [1.165, 1.54) is 50.4 Å². The van der Waals surface area contributed by atoms with Gasteiger partial charge >= 0.3 is 6.18 Å². The molecule has 5 aromatic rings. The van der Waals surface area contributed by atoms with Crippen LogP contribution in [0.15, 0.2) is 101 Å². The Morgan fingerprint density at radius 2 is 1.68 bits per heavy atom. The molecule has 1 fully saturated rings. The fourth-order valence-corrected chi connectivity index (χ4v) is 6.41. The molecule has 6 rings (SSSR count). The first-order chi connectivity index (χ1) is 30.1. The van der Waals surface area contributed by atoms with Gasteiger partial charge in [0.15, 0.2) is 17.1 Å². The second-order valence-electron chi connectivity index (χ2n) is 12.0. The van der Waals surface area contributed by atoms with E-state index in [1.54, 1.807) is 4.90 Å². The normalized spacial score (nSPS) is 18.5. The number of alkyl halides is 3. The largest absolute Gasteiger partial charge is 0.416 e. The number of carbonyl (C=O) groups excluding carboxylic acids is 1. The van der Waals surface area contributed by atoms with Crippen molar-refractivity contribution < 1.29 is 47.9 Å². The summed E-state index contributed by atoms with van der Waals surface area (Å²) in [7, 11) is 1.17. The van der Waals surface area contributed by atoms with Crippen LogP contribution in [0.2, 0.25) is 0 Å². The standard InChI is InChI=1S/C41H40F5N3O3S/c1-27-6-15-34-36(22-27)49(39(23-37(34)50)53-26-31-4-3-5-35(42)40(31)43)25-38(51)48(33-16-18-47(19-17-33)20-21-52-2)24-28-7-9-29(10-8-28)30-11-13-32(14-12-30)41(44,45)46/h3-15,22-23,33H,16-21,24-26H2,1-2H3/i6D,15D,21D2,22D,23D,24D2,25D2,26D2. The van der Waals surface area contributed by atoms with Crippen LogP contribution in [0.5, 0.6) is 0 Å². The first kappa shape index (κ1) is 25.5. The highest BCUT2D eigenvalue weighted by Gasteiger charge is 2.31. The van der Waals surface area contributed by atoms with Crippen LogP contribution in [0.25, 0.3) is 22.0 Å². The SMILES string of the molecule is [2H]c1c(C)c([2H])c2c(c1[2H])c(=O)c([2H])c(SC([2H])([2H])c1cccc(F)c1F)n2C([2H])([2H])C(=O)N(C1CCN(CC([2H])([2H])OC)CC1)C([2H])([2H])c1ccc(-c2ccc(C(F)(F)F)cc2)cc1. The van der Waals surface area contributed by atoms with Crippen LogP contribution >= 0.6 is 11.8 Å². The Hall–Kier alpha value is -4.52. The summed E-state index contributed by atoms with van der Waals surface area (Å²) in [6, 6.07) is 7.13. The second-order valence-corrected chi connectivity index (χ2v) is 12.8. The summed E-state index contributed by atoms with van der Waals surface area (Å²) in [6.07, 6.45) is -4.79. The molecule has 4 aromatic carbocycles. The number of aromatic nitrogens is 1. The summed E-state index contributed by atoms with van der Waals surface area (Å²) in [6.45, 7) is -7.77. The Bertz CT molecular complexity index is 2700. The average molecular weight is 762 g/mol. The molecule has 2 heterocycles. The monoisotopic (exact) mass is 761 g/mol. The number of rotatable bonds is 12. The third-order valence-electron chi connectivity index (χ3n) is 8.46. The number of ether oxygens (including phenoxy) is 1. The summed E-state index contributed by atoms with van der Waals surface area (Å²) in [5, 5.41) is -1.90. The van der Waals surface area contributed by atoms with Crippen LogP contribution in [-0.2, 0) is 34.4 Å². The molecule has 1 amide bonds. The lowest BCUT2D eigenvalue weighted by molar-refractivity contribution is -0.137. The van der Waals surface area contributed by atoms with Crippen molar-refractivity contribution in [3.05, 3.63) is 135 Å². The van der Waals surface area contributed by atoms with E-state index in [1.807, 2.05) is 0 Å². The molecule has 0 radical (unpaired) electrons. The number of methoxy groups -OCH3 is 1. The van der Waals surface area contributed by atoms with Crippen LogP contribution in [0, 0.1) is 18.6 Å². The number of fused-ring (bicyclic) bond motifs is 1. The lowest BCUT2D eigenvalue weighted by Crippen LogP contribution is -2.48. The van der Waals surface area contributed by atoms with Crippen LogP contribution in [0.4, 0.5) is 22.0 Å². The van der Waals surface area contributed by atoms with Gasteiger partial charge in [-0.2, -0.15) is 13.2 Å². The quantitative estimate of drug-likeness (QED) is 0.0941. The average Bonchev–Trinajstić information content (AvgIpc) is 3.24. The number of pyridine rings is 1. The van der Waals surface area contributed by atoms with Gasteiger partial charge in [0.2, 0.25) is 5.91 Å². The zero-order valence-electron chi connectivity index (χ0n) is 40.3. The first-order valence-electron chi connectivity index (χ1n) is 22.3. The molecule has 6 nitrogen and oxygen atoms in total. The molecule has 0 N–H and O–H groups in total. The van der Waals surface area contributed by atoms with Crippen LogP contribution in [0.3, 0.4) is 0 Å². The predicted octanol–water partition coefficient (Wildman–Crippen LogP) is 8.71. The predicted molar refractivity (Wildman–Crippen MR) is 198 cm³/mol. The molecule has 278 valence electrons. The number of likely N-dealkylation sites (tertiary alicyclic amines) is 1. The molecule has 0 bridgehead atoms. The number of halogens is 5. The number of amides is 1. The van der Waals surface area contributed by atoms with E-state index in [-0.39, 0.29) is 55.4 Å². The van der Waals surface area contributed by atoms with E-state index in [9.17, 15) is 27.8 Å². The molecule has 0 aliphatic carbocycles. The van der Waals surface area contributed by atoms with Gasteiger partial charge in [0.1, 0.15) is 6.50 Å². The van der Waals surface area contributed by atoms with Gasteiger partial charge in [-0.3, -0.25) is 9.59 Å². The zero-order valence-corrected chi connectivity index (χ0v) is 29.1. The van der Waals surface area contributed by atoms with E-state index < -0.39 is 112 Å². The highest BCUT2D eigenvalue weighted by atomic mass is 32.2. The fourth-order valence-electron chi connectivity index (χ4n) is 5.68. The maximum atomic E-state index is 15.3. The number of thioether (sulfide) groups is 1. The number of nitrogens with zero attached hydrogens (tertiary/aromatic N) is 3. The van der Waals surface area contributed by atoms with Crippen molar-refractivity contribution >= 4 is 28.6 Å². The summed E-state index contributed by atoms with van der Waals surface area (Å²) >= 11 is -0.177. The van der Waals surface area contributed by atoms with Crippen molar-refractivity contribution in [1.29, 1.82) is 0 Å². The van der Waals surface area contributed by atoms with Crippen molar-refractivity contribution in [2.75, 3.05) is 33.3 Å². The van der Waals surface area contributed by atoms with Crippen molar-refractivity contribution in [1.82, 2.24) is 14.4 Å². The Labute approximate surface area is 326 Å². The lowest BCUT2D eigenvalue weighted by atomic mass is 10.00. The summed E-state index contributed by atoms with van der Waals surface area (Å²) < 4.78 is 182. The molecular formula is C41H40F5N3O3S. The zero-order chi connectivity index (χ0) is 48.4. The van der Waals surface area contributed by atoms with E-state index >= 15 is 9.18 Å². The molecule has 1 saturated heterocycles. The molecule has 53 heavy (non-hydrogen) atoms. The Morgan fingerprint density at radius 1 is 1.00 bits per heavy atom. The minimum absolute atomic E-state index is 0.0339. The number of benzene rings is 4. The molecule has 1 aliphatic rings. The van der Waals surface area contributed by atoms with E-state index in [0.717, 1.165) is 24.3 Å². The maximum absolute atomic E-state index is 15.3. The highest BCUT2D eigenvalue weighted by molar-refractivity contribution is 7.98. The minimum Gasteiger partial charge on any atom is -0.383 e. The number of hydrogen-bond acceptors (Lipinski definition) is 5. The Morgan fingerprint density at radius 3 is 2.34 bits per heavy atom. The van der Waals surface area contributed by atoms with Gasteiger partial charge in [0.05, 0.1) is 36.4 Å². The number of piperidine rings is 1. The van der Waals surface area contributed by atoms with Gasteiger partial charge in [0, 0.05) is 64.7 Å². The fraction of sp³-hybridized carbons (Fsp3) is 0.317. The molecule has 12 heteroatoms. The summed E-state index contributed by atoms with van der Waals surface area (Å²) in [4.78, 5) is 31.5. The molecule has 0 atom stereocenters. The third kappa shape index (κ3) is 9.17. The molecule has 1 aromatic heterocycles. The first-order valence-corrected chi connectivity index (χ1v) is 17.1. The van der Waals surface area contributed by atoms with Crippen molar-refractivity contribution in [3.8, 4) is 11.1 Å². The molecule has 1 aliphatic heterocycles. The van der Waals surface area contributed by atoms with Crippen molar-refractivity contribution in [2.45, 2.75) is 55.7 Å². The molecule has 0 spiro atoms. The third-order valence-corrected chi connectivity index (χ3v) is 9.26. The minimum atomic E-state index is -4.60. The molecular weight excluding hydrogens is 710 g/mol. The van der Waals surface area contributed by atoms with Crippen LogP contribution in [0.1, 0.15) is 51.5 Å². The van der Waals surface area contributed by atoms with E-state index in [0.29, 0.717) is 26.7 Å². The summed E-state index contributed by atoms with van der Waals surface area (Å²) in [5.41, 5.74) is -7.09. The van der Waals surface area contributed by atoms with E-state index in [2.05, 4.69) is 0 Å².